The van der Waals surface area contributed by atoms with Crippen LogP contribution in [0, 0.1) is 20.8 Å². The van der Waals surface area contributed by atoms with Crippen molar-refractivity contribution < 1.29 is 0 Å². The molecule has 1 N–H and O–H groups in total. The van der Waals surface area contributed by atoms with E-state index in [1.54, 1.807) is 0 Å². The van der Waals surface area contributed by atoms with Crippen LogP contribution in [-0.4, -0.2) is 37.8 Å². The van der Waals surface area contributed by atoms with Crippen molar-refractivity contribution in [2.75, 3.05) is 18.0 Å². The third-order valence-corrected chi connectivity index (χ3v) is 6.86. The smallest absolute Gasteiger partial charge is 0.165 e. The third kappa shape index (κ3) is 3.46. The van der Waals surface area contributed by atoms with Gasteiger partial charge in [0.1, 0.15) is 11.6 Å². The number of nitrogens with one attached hydrogen (secondary N) is 1. The van der Waals surface area contributed by atoms with Gasteiger partial charge in [0, 0.05) is 24.4 Å². The van der Waals surface area contributed by atoms with Crippen molar-refractivity contribution in [3.8, 4) is 5.69 Å². The molecule has 0 amide bonds. The van der Waals surface area contributed by atoms with Gasteiger partial charge < -0.3 is 9.88 Å². The maximum Gasteiger partial charge on any atom is 0.165 e. The van der Waals surface area contributed by atoms with Crippen LogP contribution >= 0.6 is 0 Å². The first kappa shape index (κ1) is 20.0. The molecule has 0 radical (unpaired) electrons. The van der Waals surface area contributed by atoms with Gasteiger partial charge in [-0.3, -0.25) is 0 Å². The number of aryl methyl sites for hydroxylation is 3. The van der Waals surface area contributed by atoms with Crippen LogP contribution in [-0.2, 0) is 0 Å². The lowest BCUT2D eigenvalue weighted by Crippen LogP contribution is -2.33. The highest BCUT2D eigenvalue weighted by molar-refractivity contribution is 5.85. The van der Waals surface area contributed by atoms with Crippen molar-refractivity contribution >= 4 is 27.9 Å². The van der Waals surface area contributed by atoms with Crippen molar-refractivity contribution in [3.63, 3.8) is 0 Å². The Morgan fingerprint density at radius 3 is 2.48 bits per heavy atom. The molecule has 0 aliphatic carbocycles. The summed E-state index contributed by atoms with van der Waals surface area (Å²) >= 11 is 0. The molecule has 5 aromatic rings. The van der Waals surface area contributed by atoms with Gasteiger partial charge in [-0.1, -0.05) is 24.3 Å². The summed E-state index contributed by atoms with van der Waals surface area (Å²) in [7, 11) is 0. The molecule has 0 atom stereocenters. The third-order valence-electron chi connectivity index (χ3n) is 6.86. The first-order valence-electron chi connectivity index (χ1n) is 11.7. The normalized spacial score (nSPS) is 15.1. The minimum Gasteiger partial charge on any atom is -0.356 e. The second-order valence-corrected chi connectivity index (χ2v) is 9.23. The number of anilines is 1. The van der Waals surface area contributed by atoms with Gasteiger partial charge in [-0.25, -0.2) is 14.6 Å². The van der Waals surface area contributed by atoms with Crippen LogP contribution in [0.5, 0.6) is 0 Å². The van der Waals surface area contributed by atoms with E-state index in [9.17, 15) is 0 Å². The van der Waals surface area contributed by atoms with Crippen molar-refractivity contribution in [3.05, 3.63) is 77.2 Å². The van der Waals surface area contributed by atoms with Crippen LogP contribution in [0.3, 0.4) is 0 Å². The fourth-order valence-corrected chi connectivity index (χ4v) is 5.12. The molecule has 4 heterocycles. The number of hydrogen-bond acceptors (Lipinski definition) is 4. The molecule has 6 nitrogen and oxygen atoms in total. The van der Waals surface area contributed by atoms with E-state index in [2.05, 4.69) is 67.1 Å². The van der Waals surface area contributed by atoms with Crippen molar-refractivity contribution in [1.29, 1.82) is 0 Å². The zero-order valence-electron chi connectivity index (χ0n) is 19.3. The molecule has 6 rings (SSSR count). The number of H-pyrrole nitrogens is 1. The van der Waals surface area contributed by atoms with E-state index < -0.39 is 0 Å². The largest absolute Gasteiger partial charge is 0.356 e. The maximum absolute atomic E-state index is 5.10. The zero-order valence-corrected chi connectivity index (χ0v) is 19.3. The Morgan fingerprint density at radius 1 is 0.909 bits per heavy atom. The summed E-state index contributed by atoms with van der Waals surface area (Å²) in [5.74, 6) is 2.61. The van der Waals surface area contributed by atoms with Gasteiger partial charge in [0.25, 0.3) is 0 Å². The summed E-state index contributed by atoms with van der Waals surface area (Å²) in [5, 5.41) is 5.96. The van der Waals surface area contributed by atoms with E-state index in [-0.39, 0.29) is 0 Å². The minimum atomic E-state index is 0.455. The van der Waals surface area contributed by atoms with Gasteiger partial charge in [0.2, 0.25) is 0 Å². The number of imidazole rings is 1. The lowest BCUT2D eigenvalue weighted by Gasteiger charge is -2.32. The van der Waals surface area contributed by atoms with Gasteiger partial charge in [-0.15, -0.1) is 0 Å². The summed E-state index contributed by atoms with van der Waals surface area (Å²) in [5.41, 5.74) is 7.68. The number of hydrogen-bond donors (Lipinski definition) is 1. The Hall–Kier alpha value is -3.67. The summed E-state index contributed by atoms with van der Waals surface area (Å²) in [6, 6.07) is 18.9. The lowest BCUT2D eigenvalue weighted by molar-refractivity contribution is 0.487. The molecule has 33 heavy (non-hydrogen) atoms. The van der Waals surface area contributed by atoms with Crippen LogP contribution in [0.25, 0.3) is 27.8 Å². The molecule has 3 aromatic heterocycles. The molecule has 0 saturated carbocycles. The molecule has 1 aliphatic rings. The Labute approximate surface area is 193 Å². The highest BCUT2D eigenvalue weighted by atomic mass is 15.3. The molecule has 2 aromatic carbocycles. The van der Waals surface area contributed by atoms with E-state index in [1.165, 1.54) is 11.1 Å². The van der Waals surface area contributed by atoms with E-state index in [0.29, 0.717) is 5.92 Å². The van der Waals surface area contributed by atoms with Crippen LogP contribution in [0.15, 0.2) is 54.6 Å². The summed E-state index contributed by atoms with van der Waals surface area (Å²) < 4.78 is 1.98. The first-order valence-corrected chi connectivity index (χ1v) is 11.7. The highest BCUT2D eigenvalue weighted by Crippen LogP contribution is 2.32. The van der Waals surface area contributed by atoms with E-state index in [0.717, 1.165) is 71.0 Å². The molecule has 1 fully saturated rings. The van der Waals surface area contributed by atoms with E-state index in [1.807, 2.05) is 22.9 Å². The molecule has 0 bridgehead atoms. The average molecular weight is 437 g/mol. The fraction of sp³-hybridized carbons (Fsp3) is 0.296. The van der Waals surface area contributed by atoms with Gasteiger partial charge in [-0.2, -0.15) is 5.10 Å². The van der Waals surface area contributed by atoms with E-state index >= 15 is 0 Å². The minimum absolute atomic E-state index is 0.455. The molecule has 1 aliphatic heterocycles. The van der Waals surface area contributed by atoms with Crippen LogP contribution in [0.4, 0.5) is 5.82 Å². The number of benzene rings is 2. The van der Waals surface area contributed by atoms with Gasteiger partial charge >= 0.3 is 0 Å². The molecular formula is C27H28N6. The molecule has 166 valence electrons. The van der Waals surface area contributed by atoms with Gasteiger partial charge in [0.05, 0.1) is 22.4 Å². The topological polar surface area (TPSA) is 62.6 Å². The van der Waals surface area contributed by atoms with Crippen LogP contribution in [0.2, 0.25) is 0 Å². The number of fused-ring (bicyclic) bond motifs is 2. The predicted molar refractivity (Wildman–Crippen MR) is 133 cm³/mol. The van der Waals surface area contributed by atoms with Crippen molar-refractivity contribution in [2.45, 2.75) is 39.5 Å². The summed E-state index contributed by atoms with van der Waals surface area (Å²) in [6.45, 7) is 8.29. The van der Waals surface area contributed by atoms with Crippen LogP contribution < -0.4 is 4.90 Å². The summed E-state index contributed by atoms with van der Waals surface area (Å²) in [4.78, 5) is 16.0. The standard InChI is InChI=1S/C27H28N6/c1-17-9-10-22-23(15-17)29-26(28-22)20-11-13-32(14-12-20)24-16-18(2)25-19(3)31-33(27(25)30-24)21-7-5-4-6-8-21/h4-10,15-16,20H,11-14H2,1-3H3,(H,28,29). The fourth-order valence-electron chi connectivity index (χ4n) is 5.12. The zero-order chi connectivity index (χ0) is 22.5. The number of pyridine rings is 1. The first-order chi connectivity index (χ1) is 16.1. The molecular weight excluding hydrogens is 408 g/mol. The molecule has 0 unspecified atom stereocenters. The lowest BCUT2D eigenvalue weighted by atomic mass is 9.96. The summed E-state index contributed by atoms with van der Waals surface area (Å²) in [6.07, 6.45) is 2.13. The predicted octanol–water partition coefficient (Wildman–Crippen LogP) is 5.61. The average Bonchev–Trinajstić information content (AvgIpc) is 3.40. The highest BCUT2D eigenvalue weighted by Gasteiger charge is 2.25. The monoisotopic (exact) mass is 436 g/mol. The maximum atomic E-state index is 5.10. The number of nitrogens with zero attached hydrogens (tertiary/aromatic N) is 5. The van der Waals surface area contributed by atoms with Crippen molar-refractivity contribution in [1.82, 2.24) is 24.7 Å². The Balaban J connectivity index is 1.28. The van der Waals surface area contributed by atoms with Gasteiger partial charge in [0.15, 0.2) is 5.65 Å². The van der Waals surface area contributed by atoms with Gasteiger partial charge in [-0.05, 0) is 75.1 Å². The number of aromatic nitrogens is 5. The van der Waals surface area contributed by atoms with E-state index in [4.69, 9.17) is 15.1 Å². The Kier molecular flexibility index (Phi) is 4.68. The quantitative estimate of drug-likeness (QED) is 0.399. The van der Waals surface area contributed by atoms with Crippen LogP contribution in [0.1, 0.15) is 41.4 Å². The second kappa shape index (κ2) is 7.73. The number of piperidine rings is 1. The molecule has 6 heteroatoms. The second-order valence-electron chi connectivity index (χ2n) is 9.23. The number of aromatic amines is 1. The van der Waals surface area contributed by atoms with Crippen molar-refractivity contribution in [2.24, 2.45) is 0 Å². The SMILES string of the molecule is Cc1ccc2nc(C3CCN(c4cc(C)c5c(C)nn(-c6ccccc6)c5n4)CC3)[nH]c2c1. The molecule has 1 saturated heterocycles. The number of rotatable bonds is 3. The Bertz CT molecular complexity index is 1450. The number of para-hydroxylation sites is 1. The molecule has 0 spiro atoms. The Morgan fingerprint density at radius 2 is 1.70 bits per heavy atom.